The molecule has 0 aliphatic carbocycles. The van der Waals surface area contributed by atoms with Crippen molar-refractivity contribution < 1.29 is 4.79 Å². The molecule has 0 atom stereocenters. The fourth-order valence-corrected chi connectivity index (χ4v) is 2.14. The number of rotatable bonds is 12. The van der Waals surface area contributed by atoms with Gasteiger partial charge in [-0.1, -0.05) is 67.3 Å². The van der Waals surface area contributed by atoms with Crippen LogP contribution in [0.15, 0.2) is 4.99 Å². The van der Waals surface area contributed by atoms with Crippen molar-refractivity contribution in [2.75, 3.05) is 11.9 Å². The highest BCUT2D eigenvalue weighted by Crippen LogP contribution is 2.10. The first kappa shape index (κ1) is 15.9. The molecule has 0 saturated carbocycles. The van der Waals surface area contributed by atoms with Gasteiger partial charge in [0.2, 0.25) is 6.08 Å². The van der Waals surface area contributed by atoms with Crippen molar-refractivity contribution in [3.63, 3.8) is 0 Å². The Morgan fingerprint density at radius 3 is 1.62 bits per heavy atom. The molecule has 0 radical (unpaired) electrons. The molecule has 0 N–H and O–H groups in total. The molecule has 0 amide bonds. The molecule has 3 heteroatoms. The summed E-state index contributed by atoms with van der Waals surface area (Å²) in [6.07, 6.45) is 14.7. The zero-order valence-electron chi connectivity index (χ0n) is 10.2. The Morgan fingerprint density at radius 1 is 0.750 bits per heavy atom. The molecule has 0 bridgehead atoms. The molecule has 0 aromatic rings. The molecule has 0 rings (SSSR count). The number of halogens is 1. The van der Waals surface area contributed by atoms with Crippen molar-refractivity contribution in [2.45, 2.75) is 64.2 Å². The molecule has 0 aliphatic heterocycles. The standard InChI is InChI=1S/C13H24BrNO/c14-11-9-7-5-3-1-2-4-6-8-10-12-15-13-16/h1-12H2. The van der Waals surface area contributed by atoms with Crippen molar-refractivity contribution >= 4 is 22.0 Å². The van der Waals surface area contributed by atoms with Gasteiger partial charge in [-0.3, -0.25) is 0 Å². The van der Waals surface area contributed by atoms with E-state index in [4.69, 9.17) is 0 Å². The molecule has 0 aromatic carbocycles. The molecule has 0 unspecified atom stereocenters. The van der Waals surface area contributed by atoms with Gasteiger partial charge < -0.3 is 0 Å². The topological polar surface area (TPSA) is 29.4 Å². The van der Waals surface area contributed by atoms with Crippen molar-refractivity contribution in [1.29, 1.82) is 0 Å². The van der Waals surface area contributed by atoms with E-state index in [9.17, 15) is 4.79 Å². The Hall–Kier alpha value is -0.140. The first-order valence-electron chi connectivity index (χ1n) is 6.51. The predicted octanol–water partition coefficient (Wildman–Crippen LogP) is 4.62. The lowest BCUT2D eigenvalue weighted by Gasteiger charge is -2.01. The number of aliphatic imine (C=N–C) groups is 1. The minimum Gasteiger partial charge on any atom is -0.211 e. The van der Waals surface area contributed by atoms with Crippen molar-refractivity contribution in [3.8, 4) is 0 Å². The number of isocyanates is 1. The van der Waals surface area contributed by atoms with Crippen LogP contribution in [-0.4, -0.2) is 18.0 Å². The van der Waals surface area contributed by atoms with Crippen molar-refractivity contribution in [1.82, 2.24) is 0 Å². The molecule has 0 fully saturated rings. The molecule has 0 aliphatic rings. The Morgan fingerprint density at radius 2 is 1.19 bits per heavy atom. The van der Waals surface area contributed by atoms with Gasteiger partial charge in [0, 0.05) is 5.33 Å². The van der Waals surface area contributed by atoms with Crippen LogP contribution >= 0.6 is 15.9 Å². The summed E-state index contributed by atoms with van der Waals surface area (Å²) < 4.78 is 0. The first-order chi connectivity index (χ1) is 7.91. The highest BCUT2D eigenvalue weighted by Gasteiger charge is 1.92. The second kappa shape index (κ2) is 14.9. The monoisotopic (exact) mass is 289 g/mol. The molecule has 94 valence electrons. The lowest BCUT2D eigenvalue weighted by molar-refractivity contribution is 0.553. The van der Waals surface area contributed by atoms with Gasteiger partial charge in [-0.25, -0.2) is 9.79 Å². The Kier molecular flexibility index (Phi) is 14.7. The highest BCUT2D eigenvalue weighted by molar-refractivity contribution is 9.09. The summed E-state index contributed by atoms with van der Waals surface area (Å²) in [4.78, 5) is 13.3. The summed E-state index contributed by atoms with van der Waals surface area (Å²) in [6.45, 7) is 0.663. The van der Waals surface area contributed by atoms with E-state index in [0.29, 0.717) is 6.54 Å². The summed E-state index contributed by atoms with van der Waals surface area (Å²) >= 11 is 3.45. The van der Waals surface area contributed by atoms with E-state index >= 15 is 0 Å². The van der Waals surface area contributed by atoms with E-state index < -0.39 is 0 Å². The molecule has 0 spiro atoms. The Bertz CT molecular complexity index is 179. The summed E-state index contributed by atoms with van der Waals surface area (Å²) in [6, 6.07) is 0. The molecular weight excluding hydrogens is 266 g/mol. The number of unbranched alkanes of at least 4 members (excludes halogenated alkanes) is 9. The summed E-state index contributed by atoms with van der Waals surface area (Å²) in [5.41, 5.74) is 0. The quantitative estimate of drug-likeness (QED) is 0.223. The van der Waals surface area contributed by atoms with E-state index in [-0.39, 0.29) is 0 Å². The maximum atomic E-state index is 9.79. The van der Waals surface area contributed by atoms with Crippen LogP contribution in [0, 0.1) is 0 Å². The van der Waals surface area contributed by atoms with Crippen LogP contribution in [-0.2, 0) is 4.79 Å². The number of hydrogen-bond acceptors (Lipinski definition) is 2. The molecule has 0 aromatic heterocycles. The molecule has 16 heavy (non-hydrogen) atoms. The van der Waals surface area contributed by atoms with E-state index in [2.05, 4.69) is 20.9 Å². The van der Waals surface area contributed by atoms with Crippen LogP contribution in [0.1, 0.15) is 64.2 Å². The Balaban J connectivity index is 2.90. The fraction of sp³-hybridized carbons (Fsp3) is 0.923. The maximum absolute atomic E-state index is 9.79. The first-order valence-corrected chi connectivity index (χ1v) is 7.63. The lowest BCUT2D eigenvalue weighted by Crippen LogP contribution is -1.84. The van der Waals surface area contributed by atoms with Gasteiger partial charge in [0.25, 0.3) is 0 Å². The van der Waals surface area contributed by atoms with Gasteiger partial charge in [0.05, 0.1) is 6.54 Å². The van der Waals surface area contributed by atoms with E-state index in [1.54, 1.807) is 6.08 Å². The SMILES string of the molecule is O=C=NCCCCCCCCCCCCBr. The molecule has 0 heterocycles. The summed E-state index contributed by atoms with van der Waals surface area (Å²) in [5, 5.41) is 1.15. The maximum Gasteiger partial charge on any atom is 0.234 e. The Labute approximate surface area is 108 Å². The van der Waals surface area contributed by atoms with E-state index in [1.807, 2.05) is 0 Å². The minimum atomic E-state index is 0.663. The minimum absolute atomic E-state index is 0.663. The lowest BCUT2D eigenvalue weighted by atomic mass is 10.1. The number of alkyl halides is 1. The van der Waals surface area contributed by atoms with Crippen molar-refractivity contribution in [3.05, 3.63) is 0 Å². The van der Waals surface area contributed by atoms with Crippen LogP contribution in [0.25, 0.3) is 0 Å². The van der Waals surface area contributed by atoms with Gasteiger partial charge in [-0.05, 0) is 12.8 Å². The third-order valence-electron chi connectivity index (χ3n) is 2.72. The van der Waals surface area contributed by atoms with Crippen LogP contribution in [0.2, 0.25) is 0 Å². The normalized spacial score (nSPS) is 10.1. The van der Waals surface area contributed by atoms with Gasteiger partial charge in [-0.2, -0.15) is 0 Å². The zero-order chi connectivity index (χ0) is 11.9. The zero-order valence-corrected chi connectivity index (χ0v) is 11.8. The van der Waals surface area contributed by atoms with Gasteiger partial charge >= 0.3 is 0 Å². The molecule has 0 saturated heterocycles. The fourth-order valence-electron chi connectivity index (χ4n) is 1.75. The largest absolute Gasteiger partial charge is 0.234 e. The van der Waals surface area contributed by atoms with Crippen LogP contribution in [0.3, 0.4) is 0 Å². The average Bonchev–Trinajstić information content (AvgIpc) is 2.31. The van der Waals surface area contributed by atoms with Gasteiger partial charge in [0.15, 0.2) is 0 Å². The highest BCUT2D eigenvalue weighted by atomic mass is 79.9. The van der Waals surface area contributed by atoms with Crippen LogP contribution in [0.5, 0.6) is 0 Å². The average molecular weight is 290 g/mol. The number of nitrogens with zero attached hydrogens (tertiary/aromatic N) is 1. The number of hydrogen-bond donors (Lipinski definition) is 0. The second-order valence-corrected chi connectivity index (χ2v) is 4.99. The smallest absolute Gasteiger partial charge is 0.211 e. The third kappa shape index (κ3) is 13.9. The number of carbonyl (C=O) groups excluding carboxylic acids is 1. The van der Waals surface area contributed by atoms with Crippen molar-refractivity contribution in [2.24, 2.45) is 4.99 Å². The molecular formula is C13H24BrNO. The second-order valence-electron chi connectivity index (χ2n) is 4.20. The summed E-state index contributed by atoms with van der Waals surface area (Å²) in [7, 11) is 0. The van der Waals surface area contributed by atoms with Gasteiger partial charge in [-0.15, -0.1) is 0 Å². The molecule has 2 nitrogen and oxygen atoms in total. The van der Waals surface area contributed by atoms with E-state index in [1.165, 1.54) is 57.8 Å². The third-order valence-corrected chi connectivity index (χ3v) is 3.28. The summed E-state index contributed by atoms with van der Waals surface area (Å²) in [5.74, 6) is 0. The van der Waals surface area contributed by atoms with E-state index in [0.717, 1.165) is 11.8 Å². The predicted molar refractivity (Wildman–Crippen MR) is 73.0 cm³/mol. The van der Waals surface area contributed by atoms with Crippen LogP contribution in [0.4, 0.5) is 0 Å². The van der Waals surface area contributed by atoms with Crippen LogP contribution < -0.4 is 0 Å². The van der Waals surface area contributed by atoms with Gasteiger partial charge in [0.1, 0.15) is 0 Å².